The number of β-amino-alcohol motifs (C(OH)–C–C–N with tert-alkyl or cyclic N) is 1. The normalized spacial score (nSPS) is 16.2. The number of ether oxygens (including phenoxy) is 3. The highest BCUT2D eigenvalue weighted by Gasteiger charge is 2.41. The number of methoxy groups -OCH3 is 2. The van der Waals surface area contributed by atoms with Crippen LogP contribution in [0.2, 0.25) is 0 Å². The van der Waals surface area contributed by atoms with E-state index in [2.05, 4.69) is 12.2 Å². The van der Waals surface area contributed by atoms with Gasteiger partial charge in [0.25, 0.3) is 0 Å². The van der Waals surface area contributed by atoms with Gasteiger partial charge in [0, 0.05) is 25.9 Å². The topological polar surface area (TPSA) is 97.3 Å². The van der Waals surface area contributed by atoms with Gasteiger partial charge in [-0.15, -0.1) is 0 Å². The van der Waals surface area contributed by atoms with Crippen molar-refractivity contribution in [1.82, 2.24) is 10.2 Å². The molecule has 284 valence electrons. The first-order valence-corrected chi connectivity index (χ1v) is 19.7. The summed E-state index contributed by atoms with van der Waals surface area (Å²) in [6, 6.07) is 25.3. The van der Waals surface area contributed by atoms with Crippen LogP contribution in [0.25, 0.3) is 0 Å². The maximum atomic E-state index is 13.8. The Hall–Kier alpha value is -3.88. The number of hydrogen-bond acceptors (Lipinski definition) is 6. The maximum Gasteiger partial charge on any atom is 0.223 e. The Labute approximate surface area is 312 Å². The number of amides is 2. The number of carbonyl (C=O) groups is 2. The highest BCUT2D eigenvalue weighted by Crippen LogP contribution is 2.40. The Bertz CT molecular complexity index is 1380. The van der Waals surface area contributed by atoms with Gasteiger partial charge in [-0.25, -0.2) is 0 Å². The molecule has 2 amide bonds. The molecule has 8 heteroatoms. The molecule has 0 spiro atoms. The van der Waals surface area contributed by atoms with Gasteiger partial charge in [0.05, 0.1) is 26.4 Å². The Kier molecular flexibility index (Phi) is 18.0. The van der Waals surface area contributed by atoms with E-state index in [4.69, 9.17) is 14.2 Å². The second kappa shape index (κ2) is 22.9. The van der Waals surface area contributed by atoms with E-state index in [0.29, 0.717) is 25.8 Å². The van der Waals surface area contributed by atoms with Crippen LogP contribution in [-0.4, -0.2) is 61.3 Å². The van der Waals surface area contributed by atoms with E-state index in [0.717, 1.165) is 60.3 Å². The monoisotopic (exact) mass is 714 g/mol. The van der Waals surface area contributed by atoms with E-state index in [-0.39, 0.29) is 24.4 Å². The average Bonchev–Trinajstić information content (AvgIpc) is 3.57. The Morgan fingerprint density at radius 2 is 1.25 bits per heavy atom. The lowest BCUT2D eigenvalue weighted by Gasteiger charge is -2.35. The van der Waals surface area contributed by atoms with Gasteiger partial charge in [-0.2, -0.15) is 0 Å². The fourth-order valence-corrected chi connectivity index (χ4v) is 7.14. The first kappa shape index (κ1) is 40.9. The summed E-state index contributed by atoms with van der Waals surface area (Å²) in [5, 5.41) is 14.0. The van der Waals surface area contributed by atoms with Gasteiger partial charge in [-0.3, -0.25) is 9.59 Å². The molecule has 1 aliphatic heterocycles. The van der Waals surface area contributed by atoms with Crippen molar-refractivity contribution in [2.45, 2.75) is 128 Å². The number of unbranched alkanes of at least 4 members (excludes halogenated alkanes) is 10. The fraction of sp³-hybridized carbons (Fsp3) is 0.545. The quantitative estimate of drug-likeness (QED) is 0.0899. The fourth-order valence-electron chi connectivity index (χ4n) is 7.14. The van der Waals surface area contributed by atoms with Gasteiger partial charge < -0.3 is 29.5 Å². The molecule has 8 nitrogen and oxygen atoms in total. The standard InChI is InChI=1S/C44H62N2O6/c1-4-5-6-7-8-9-10-11-16-21-41(48)45-31-18-13-17-22-42(49)46-33-37(47)32-40(46)44(34-19-14-12-15-20-34)52-43(35-23-27-38(50-2)28-24-35)36-25-29-39(51-3)30-26-36/h12,14-15,19-20,23-30,37,40,43-44,47H,4-11,13,16-18,21-22,31-33H2,1-3H3,(H,45,48). The molecule has 3 aromatic carbocycles. The second-order valence-corrected chi connectivity index (χ2v) is 14.1. The van der Waals surface area contributed by atoms with Gasteiger partial charge in [-0.05, 0) is 66.6 Å². The highest BCUT2D eigenvalue weighted by atomic mass is 16.5. The van der Waals surface area contributed by atoms with Gasteiger partial charge in [-0.1, -0.05) is 119 Å². The summed E-state index contributed by atoms with van der Waals surface area (Å²) in [6.07, 6.45) is 13.4. The van der Waals surface area contributed by atoms with E-state index in [9.17, 15) is 14.7 Å². The van der Waals surface area contributed by atoms with Crippen LogP contribution in [0.15, 0.2) is 78.9 Å². The zero-order valence-corrected chi connectivity index (χ0v) is 31.8. The van der Waals surface area contributed by atoms with E-state index in [1.165, 1.54) is 44.9 Å². The summed E-state index contributed by atoms with van der Waals surface area (Å²) in [5.41, 5.74) is 2.84. The molecule has 4 rings (SSSR count). The van der Waals surface area contributed by atoms with Gasteiger partial charge in [0.2, 0.25) is 11.8 Å². The largest absolute Gasteiger partial charge is 0.497 e. The number of aliphatic hydroxyl groups is 1. The van der Waals surface area contributed by atoms with E-state index in [1.807, 2.05) is 83.8 Å². The number of carbonyl (C=O) groups excluding carboxylic acids is 2. The number of benzene rings is 3. The third kappa shape index (κ3) is 13.3. The van der Waals surface area contributed by atoms with Crippen LogP contribution in [0.5, 0.6) is 11.5 Å². The van der Waals surface area contributed by atoms with Crippen LogP contribution < -0.4 is 14.8 Å². The van der Waals surface area contributed by atoms with Gasteiger partial charge in [0.15, 0.2) is 0 Å². The molecule has 2 N–H and O–H groups in total. The molecule has 1 heterocycles. The number of nitrogens with zero attached hydrogens (tertiary/aromatic N) is 1. The SMILES string of the molecule is CCCCCCCCCCCC(=O)NCCCCCC(=O)N1CC(O)CC1C(OC(c1ccc(OC)cc1)c1ccc(OC)cc1)c1ccccc1. The average molecular weight is 715 g/mol. The van der Waals surface area contributed by atoms with Crippen molar-refractivity contribution < 1.29 is 28.9 Å². The molecule has 3 unspecified atom stereocenters. The van der Waals surface area contributed by atoms with E-state index >= 15 is 0 Å². The number of nitrogens with one attached hydrogen (secondary N) is 1. The first-order valence-electron chi connectivity index (χ1n) is 19.7. The van der Waals surface area contributed by atoms with E-state index in [1.54, 1.807) is 14.2 Å². The predicted molar refractivity (Wildman–Crippen MR) is 208 cm³/mol. The van der Waals surface area contributed by atoms with Crippen LogP contribution >= 0.6 is 0 Å². The molecular weight excluding hydrogens is 652 g/mol. The maximum absolute atomic E-state index is 13.8. The number of likely N-dealkylation sites (tertiary alicyclic amines) is 1. The number of aliphatic hydroxyl groups excluding tert-OH is 1. The van der Waals surface area contributed by atoms with Crippen molar-refractivity contribution in [3.8, 4) is 11.5 Å². The molecule has 1 fully saturated rings. The minimum absolute atomic E-state index is 0.0194. The van der Waals surface area contributed by atoms with Crippen molar-refractivity contribution in [3.05, 3.63) is 95.6 Å². The molecule has 0 radical (unpaired) electrons. The summed E-state index contributed by atoms with van der Waals surface area (Å²) in [7, 11) is 3.29. The summed E-state index contributed by atoms with van der Waals surface area (Å²) < 4.78 is 17.9. The lowest BCUT2D eigenvalue weighted by molar-refractivity contribution is -0.136. The lowest BCUT2D eigenvalue weighted by Crippen LogP contribution is -2.40. The minimum atomic E-state index is -0.634. The molecule has 0 bridgehead atoms. The van der Waals surface area contributed by atoms with Gasteiger partial charge >= 0.3 is 0 Å². The molecule has 3 aromatic rings. The minimum Gasteiger partial charge on any atom is -0.497 e. The van der Waals surface area contributed by atoms with Crippen molar-refractivity contribution in [2.75, 3.05) is 27.3 Å². The smallest absolute Gasteiger partial charge is 0.223 e. The number of rotatable bonds is 24. The van der Waals surface area contributed by atoms with Crippen molar-refractivity contribution >= 4 is 11.8 Å². The summed E-state index contributed by atoms with van der Waals surface area (Å²) in [4.78, 5) is 27.9. The molecule has 0 aromatic heterocycles. The van der Waals surface area contributed by atoms with Crippen LogP contribution in [0.4, 0.5) is 0 Å². The zero-order chi connectivity index (χ0) is 37.0. The molecule has 3 atom stereocenters. The summed E-state index contributed by atoms with van der Waals surface area (Å²) in [5.74, 6) is 1.65. The van der Waals surface area contributed by atoms with Crippen LogP contribution in [0.3, 0.4) is 0 Å². The molecule has 52 heavy (non-hydrogen) atoms. The van der Waals surface area contributed by atoms with Gasteiger partial charge in [0.1, 0.15) is 23.7 Å². The molecule has 1 aliphatic rings. The van der Waals surface area contributed by atoms with Crippen molar-refractivity contribution in [2.24, 2.45) is 0 Å². The third-order valence-electron chi connectivity index (χ3n) is 10.1. The Morgan fingerprint density at radius 3 is 1.83 bits per heavy atom. The Morgan fingerprint density at radius 1 is 0.712 bits per heavy atom. The van der Waals surface area contributed by atoms with Crippen LogP contribution in [-0.2, 0) is 14.3 Å². The second-order valence-electron chi connectivity index (χ2n) is 14.1. The first-order chi connectivity index (χ1) is 25.4. The highest BCUT2D eigenvalue weighted by molar-refractivity contribution is 5.77. The summed E-state index contributed by atoms with van der Waals surface area (Å²) >= 11 is 0. The molecule has 0 saturated carbocycles. The Balaban J connectivity index is 1.32. The molecule has 1 saturated heterocycles. The van der Waals surface area contributed by atoms with E-state index < -0.39 is 18.3 Å². The van der Waals surface area contributed by atoms with Crippen molar-refractivity contribution in [1.29, 1.82) is 0 Å². The third-order valence-corrected chi connectivity index (χ3v) is 10.1. The molecular formula is C44H62N2O6. The van der Waals surface area contributed by atoms with Crippen LogP contribution in [0, 0.1) is 0 Å². The number of hydrogen-bond donors (Lipinski definition) is 2. The lowest BCUT2D eigenvalue weighted by atomic mass is 9.96. The molecule has 0 aliphatic carbocycles. The van der Waals surface area contributed by atoms with Crippen molar-refractivity contribution in [3.63, 3.8) is 0 Å². The zero-order valence-electron chi connectivity index (χ0n) is 31.8. The predicted octanol–water partition coefficient (Wildman–Crippen LogP) is 9.11. The van der Waals surface area contributed by atoms with Crippen LogP contribution in [0.1, 0.15) is 132 Å². The summed E-state index contributed by atoms with van der Waals surface area (Å²) in [6.45, 7) is 3.16.